The standard InChI is InChI=1S/C83H119N21O15S/c1-8-10-24-64-76(113)98-58(23-16-32-89-83(86)87)73(110)88-33-36-120-48-72(109)97-61(38-50-28-30-51(42-84)31-29-50)78(115)100(5)47-71(108)96-63(41-68(85)105)81(118)103-34-17-26-65(103)75(112)93-46-70(107)94-60(37-49(3)4)80(117)104-35-18-27-66(104)77(114)99-59(39-52-43-90-56-21-14-12-19-54(52)56)74(111)92-45-69(106)95-62(40-53-44-91-57-22-15-13-20-55(53)57)79(116)102(7)67(25-11-9-2)82(119)101(64)6/h12-15,19-22,28-31,43-44,49,58-67,90-91H,8-11,16-18,23-27,32-42,45-48,84H2,1-7H3,(H2,85,105)(H,88,110)(H,92,111)(H,93,112)(H,94,107)(H,95,106)(H,96,108)(H,97,109)(H,98,113)(H,99,114)(H4,86,87,89)/t58-,59-,60-,61-,62-,63-,64-,65?,66-,67-/m0/s1. The molecule has 652 valence electrons. The number of aromatic amines is 2. The van der Waals surface area contributed by atoms with E-state index in [1.54, 1.807) is 36.7 Å². The molecule has 2 aromatic heterocycles. The largest absolute Gasteiger partial charge is 0.370 e. The summed E-state index contributed by atoms with van der Waals surface area (Å²) < 4.78 is 0. The van der Waals surface area contributed by atoms with Gasteiger partial charge in [0.15, 0.2) is 5.96 Å². The molecule has 1 unspecified atom stereocenters. The minimum atomic E-state index is -1.63. The number of carbonyl (C=O) groups is 15. The van der Waals surface area contributed by atoms with E-state index < -0.39 is 175 Å². The average Bonchev–Trinajstić information content (AvgIpc) is 1.77. The summed E-state index contributed by atoms with van der Waals surface area (Å²) in [6.07, 6.45) is 6.05. The number of aromatic nitrogens is 2. The number of rotatable bonds is 21. The lowest BCUT2D eigenvalue weighted by molar-refractivity contribution is -0.149. The van der Waals surface area contributed by atoms with Gasteiger partial charge in [0, 0.05) is 113 Å². The number of hydrogen-bond acceptors (Lipinski definition) is 18. The summed E-state index contributed by atoms with van der Waals surface area (Å²) in [5, 5.41) is 36.6. The molecule has 0 radical (unpaired) electrons. The Hall–Kier alpha value is -11.6. The van der Waals surface area contributed by atoms with Gasteiger partial charge in [-0.1, -0.05) is 114 Å². The molecule has 3 aromatic carbocycles. The Balaban J connectivity index is 1.10. The summed E-state index contributed by atoms with van der Waals surface area (Å²) in [6.45, 7) is 5.83. The highest BCUT2D eigenvalue weighted by Gasteiger charge is 2.43. The number of thioether (sulfide) groups is 1. The zero-order valence-electron chi connectivity index (χ0n) is 69.5. The quantitative estimate of drug-likeness (QED) is 0.0257. The van der Waals surface area contributed by atoms with Gasteiger partial charge >= 0.3 is 0 Å². The number of likely N-dealkylation sites (N-methyl/N-ethyl adjacent to an activating group) is 3. The second kappa shape index (κ2) is 46.1. The maximum Gasteiger partial charge on any atom is 0.246 e. The Kier molecular flexibility index (Phi) is 36.0. The number of H-pyrrole nitrogens is 2. The first-order chi connectivity index (χ1) is 57.4. The molecule has 5 heterocycles. The molecule has 36 nitrogen and oxygen atoms in total. The molecule has 10 atom stereocenters. The minimum Gasteiger partial charge on any atom is -0.370 e. The van der Waals surface area contributed by atoms with Crippen LogP contribution >= 0.6 is 11.8 Å². The van der Waals surface area contributed by atoms with Crippen LogP contribution in [0.1, 0.15) is 140 Å². The number of nitrogens with two attached hydrogens (primary N) is 3. The molecule has 3 aliphatic heterocycles. The highest BCUT2D eigenvalue weighted by molar-refractivity contribution is 7.99. The van der Waals surface area contributed by atoms with Crippen molar-refractivity contribution in [2.75, 3.05) is 78.5 Å². The Bertz CT molecular complexity index is 4460. The molecule has 120 heavy (non-hydrogen) atoms. The van der Waals surface area contributed by atoms with E-state index in [0.717, 1.165) is 48.9 Å². The topological polar surface area (TPSA) is 526 Å². The maximum absolute atomic E-state index is 15.5. The van der Waals surface area contributed by atoms with Gasteiger partial charge in [0.1, 0.15) is 60.4 Å². The van der Waals surface area contributed by atoms with Crippen molar-refractivity contribution in [3.05, 3.63) is 107 Å². The third-order valence-electron chi connectivity index (χ3n) is 21.7. The zero-order chi connectivity index (χ0) is 87.3. The number of fused-ring (bicyclic) bond motifs is 4. The summed E-state index contributed by atoms with van der Waals surface area (Å²) in [6, 6.07) is 8.77. The summed E-state index contributed by atoms with van der Waals surface area (Å²) in [5.74, 6) is -11.8. The molecule has 0 spiro atoms. The number of hydrogen-bond donors (Lipinski definition) is 16. The monoisotopic (exact) mass is 1680 g/mol. The van der Waals surface area contributed by atoms with Gasteiger partial charge in [-0.05, 0) is 98.1 Å². The van der Waals surface area contributed by atoms with Crippen molar-refractivity contribution in [2.45, 2.75) is 204 Å². The van der Waals surface area contributed by atoms with Crippen LogP contribution in [0.25, 0.3) is 21.8 Å². The van der Waals surface area contributed by atoms with E-state index in [-0.39, 0.29) is 120 Å². The second-order valence-corrected chi connectivity index (χ2v) is 32.4. The first kappa shape index (κ1) is 93.9. The van der Waals surface area contributed by atoms with Crippen LogP contribution in [0.3, 0.4) is 0 Å². The van der Waals surface area contributed by atoms with Crippen LogP contribution in [0.5, 0.6) is 0 Å². The molecule has 0 aliphatic carbocycles. The lowest BCUT2D eigenvalue weighted by Gasteiger charge is -2.36. The summed E-state index contributed by atoms with van der Waals surface area (Å²) in [7, 11) is 4.20. The van der Waals surface area contributed by atoms with Crippen molar-refractivity contribution in [1.82, 2.24) is 87.6 Å². The number of unbranched alkanes of at least 4 members (excludes halogenated alkanes) is 2. The number of para-hydroxylation sites is 2. The van der Waals surface area contributed by atoms with E-state index in [9.17, 15) is 62.3 Å². The van der Waals surface area contributed by atoms with Crippen LogP contribution in [0.2, 0.25) is 0 Å². The molecular weight excluding hydrogens is 1560 g/mol. The predicted molar refractivity (Wildman–Crippen MR) is 452 cm³/mol. The Labute approximate surface area is 702 Å². The normalized spacial score (nSPS) is 23.4. The van der Waals surface area contributed by atoms with Gasteiger partial charge in [0.2, 0.25) is 88.6 Å². The van der Waals surface area contributed by atoms with Gasteiger partial charge in [-0.25, -0.2) is 0 Å². The molecule has 8 rings (SSSR count). The SMILES string of the molecule is CCCC[C@H]1C(=O)N(C)[C@@H](CCCC)C(=O)N[C@@H](CCCNC(=N)N)C(=O)NCCSCC(=O)N[C@@H](Cc2ccc(CN)cc2)C(=O)N(C)CC(=O)N[C@@H](CC(N)=O)C(=O)N2CCCC2C(=O)NCC(=O)N[C@@H](CC(C)C)C(=O)N2CCC[C@H]2C(=O)N[C@@H](Cc2c[nH]c3ccccc23)C(=O)NCC(=O)N[C@@H](Cc2c[nH]c3ccccc23)C(=O)N1C. The fraction of sp³-hybridized carbons (Fsp3) is 0.542. The molecule has 0 bridgehead atoms. The molecule has 3 aliphatic rings. The van der Waals surface area contributed by atoms with E-state index >= 15 is 9.59 Å². The van der Waals surface area contributed by atoms with E-state index in [4.69, 9.17) is 22.6 Å². The number of guanidine groups is 1. The fourth-order valence-corrected chi connectivity index (χ4v) is 16.0. The molecule has 3 fully saturated rings. The van der Waals surface area contributed by atoms with E-state index in [0.29, 0.717) is 55.2 Å². The number of benzene rings is 3. The second-order valence-electron chi connectivity index (χ2n) is 31.3. The Morgan fingerprint density at radius 2 is 1.03 bits per heavy atom. The van der Waals surface area contributed by atoms with Crippen molar-refractivity contribution in [3.8, 4) is 0 Å². The van der Waals surface area contributed by atoms with Gasteiger partial charge in [0.05, 0.1) is 31.8 Å². The van der Waals surface area contributed by atoms with Gasteiger partial charge in [-0.3, -0.25) is 77.3 Å². The predicted octanol–water partition coefficient (Wildman–Crippen LogP) is -0.200. The van der Waals surface area contributed by atoms with Crippen LogP contribution < -0.4 is 70.4 Å². The van der Waals surface area contributed by atoms with Gasteiger partial charge < -0.3 is 105 Å². The minimum absolute atomic E-state index is 0.00574. The van der Waals surface area contributed by atoms with Crippen molar-refractivity contribution < 1.29 is 71.9 Å². The summed E-state index contributed by atoms with van der Waals surface area (Å²) in [4.78, 5) is 229. The number of nitrogens with one attached hydrogen (secondary N) is 13. The molecule has 37 heteroatoms. The lowest BCUT2D eigenvalue weighted by atomic mass is 10.00. The lowest BCUT2D eigenvalue weighted by Crippen LogP contribution is -2.59. The van der Waals surface area contributed by atoms with Crippen molar-refractivity contribution in [1.29, 1.82) is 5.41 Å². The highest BCUT2D eigenvalue weighted by atomic mass is 32.2. The number of primary amides is 1. The molecular formula is C83H119N21O15S. The van der Waals surface area contributed by atoms with E-state index in [2.05, 4.69) is 63.1 Å². The highest BCUT2D eigenvalue weighted by Crippen LogP contribution is 2.27. The first-order valence-corrected chi connectivity index (χ1v) is 42.4. The summed E-state index contributed by atoms with van der Waals surface area (Å²) in [5.41, 5.74) is 21.2. The summed E-state index contributed by atoms with van der Waals surface area (Å²) >= 11 is 1.11. The van der Waals surface area contributed by atoms with Gasteiger partial charge in [-0.15, -0.1) is 0 Å². The van der Waals surface area contributed by atoms with Crippen LogP contribution in [0.4, 0.5) is 0 Å². The first-order valence-electron chi connectivity index (χ1n) is 41.2. The van der Waals surface area contributed by atoms with Crippen LogP contribution in [-0.4, -0.2) is 268 Å². The Morgan fingerprint density at radius 1 is 0.525 bits per heavy atom. The van der Waals surface area contributed by atoms with Crippen LogP contribution in [-0.2, 0) is 97.7 Å². The van der Waals surface area contributed by atoms with Crippen molar-refractivity contribution in [3.63, 3.8) is 0 Å². The van der Waals surface area contributed by atoms with Crippen molar-refractivity contribution in [2.24, 2.45) is 23.1 Å². The molecule has 15 amide bonds. The van der Waals surface area contributed by atoms with E-state index in [1.807, 2.05) is 76.2 Å². The third kappa shape index (κ3) is 26.9. The number of nitrogens with zero attached hydrogens (tertiary/aromatic N) is 5. The Morgan fingerprint density at radius 3 is 1.62 bits per heavy atom. The van der Waals surface area contributed by atoms with Gasteiger partial charge in [0.25, 0.3) is 0 Å². The van der Waals surface area contributed by atoms with E-state index in [1.165, 1.54) is 35.8 Å². The maximum atomic E-state index is 15.5. The molecule has 19 N–H and O–H groups in total. The molecule has 3 saturated heterocycles. The van der Waals surface area contributed by atoms with Crippen LogP contribution in [0, 0.1) is 11.3 Å². The van der Waals surface area contributed by atoms with Crippen molar-refractivity contribution >= 4 is 128 Å². The third-order valence-corrected chi connectivity index (χ3v) is 22.7. The number of carbonyl (C=O) groups excluding carboxylic acids is 15. The molecule has 5 aromatic rings. The fourth-order valence-electron chi connectivity index (χ4n) is 15.3. The molecule has 0 saturated carbocycles. The number of amides is 15. The van der Waals surface area contributed by atoms with Crippen LogP contribution in [0.15, 0.2) is 85.2 Å². The smallest absolute Gasteiger partial charge is 0.246 e. The van der Waals surface area contributed by atoms with Gasteiger partial charge in [-0.2, -0.15) is 11.8 Å². The average molecular weight is 1680 g/mol. The zero-order valence-corrected chi connectivity index (χ0v) is 70.3.